The second-order valence-electron chi connectivity index (χ2n) is 18.9. The van der Waals surface area contributed by atoms with Gasteiger partial charge in [-0.1, -0.05) is 132 Å². The molecule has 0 aliphatic heterocycles. The van der Waals surface area contributed by atoms with E-state index >= 15 is 0 Å². The second kappa shape index (κ2) is 12.2. The lowest BCUT2D eigenvalue weighted by Crippen LogP contribution is -2.28. The number of hydrogen-bond acceptors (Lipinski definition) is 1. The molecule has 12 rings (SSSR count). The molecule has 286 valence electrons. The third-order valence-corrected chi connectivity index (χ3v) is 15.3. The van der Waals surface area contributed by atoms with Gasteiger partial charge < -0.3 is 0 Å². The van der Waals surface area contributed by atoms with Crippen molar-refractivity contribution in [1.29, 1.82) is 5.26 Å². The van der Waals surface area contributed by atoms with E-state index in [0.29, 0.717) is 11.3 Å². The molecule has 0 bridgehead atoms. The molecule has 0 unspecified atom stereocenters. The van der Waals surface area contributed by atoms with E-state index in [1.807, 2.05) is 24.3 Å². The molecule has 1 spiro atoms. The largest absolute Gasteiger partial charge is 0.238 e. The average molecular weight is 769 g/mol. The number of benzene rings is 8. The van der Waals surface area contributed by atoms with Gasteiger partial charge in [0, 0.05) is 16.2 Å². The Morgan fingerprint density at radius 2 is 0.883 bits per heavy atom. The van der Waals surface area contributed by atoms with Gasteiger partial charge in [0.25, 0.3) is 0 Å². The normalized spacial score (nSPS) is 16.7. The summed E-state index contributed by atoms with van der Waals surface area (Å²) in [5, 5.41) is 14.7. The Morgan fingerprint density at radius 1 is 0.467 bits per heavy atom. The van der Waals surface area contributed by atoms with Gasteiger partial charge in [0.2, 0.25) is 0 Å². The lowest BCUT2D eigenvalue weighted by molar-refractivity contribution is 0.353. The van der Waals surface area contributed by atoms with Crippen LogP contribution in [0.25, 0.3) is 82.0 Å². The summed E-state index contributed by atoms with van der Waals surface area (Å²) in [6.45, 7) is 17.2. The van der Waals surface area contributed by atoms with Crippen LogP contribution in [0.5, 0.6) is 0 Å². The van der Waals surface area contributed by atoms with Crippen molar-refractivity contribution < 1.29 is 0 Å². The first-order valence-electron chi connectivity index (χ1n) is 21.6. The van der Waals surface area contributed by atoms with Crippen molar-refractivity contribution in [3.63, 3.8) is 0 Å². The summed E-state index contributed by atoms with van der Waals surface area (Å²) in [6.07, 6.45) is 6.13. The minimum atomic E-state index is -0.206. The molecular formula is C58H44N2. The quantitative estimate of drug-likeness (QED) is 0.161. The molecule has 1 fully saturated rings. The van der Waals surface area contributed by atoms with Crippen molar-refractivity contribution in [3.8, 4) is 61.7 Å². The molecule has 8 aromatic rings. The van der Waals surface area contributed by atoms with E-state index in [0.717, 1.165) is 11.1 Å². The lowest BCUT2D eigenvalue weighted by Gasteiger charge is -2.36. The first-order chi connectivity index (χ1) is 29.1. The van der Waals surface area contributed by atoms with Gasteiger partial charge in [-0.2, -0.15) is 5.26 Å². The molecule has 60 heavy (non-hydrogen) atoms. The van der Waals surface area contributed by atoms with Gasteiger partial charge in [0.1, 0.15) is 0 Å². The molecule has 2 nitrogen and oxygen atoms in total. The zero-order valence-electron chi connectivity index (χ0n) is 34.6. The smallest absolute Gasteiger partial charge is 0.187 e. The molecule has 1 saturated carbocycles. The molecular weight excluding hydrogens is 725 g/mol. The number of nitrogens with zero attached hydrogens (tertiary/aromatic N) is 2. The molecule has 0 heterocycles. The van der Waals surface area contributed by atoms with E-state index in [2.05, 4.69) is 148 Å². The van der Waals surface area contributed by atoms with E-state index in [1.165, 1.54) is 132 Å². The van der Waals surface area contributed by atoms with Crippen molar-refractivity contribution in [3.05, 3.63) is 184 Å². The fourth-order valence-electron chi connectivity index (χ4n) is 12.2. The summed E-state index contributed by atoms with van der Waals surface area (Å²) in [7, 11) is 0. The van der Waals surface area contributed by atoms with Crippen LogP contribution in [0.1, 0.15) is 98.7 Å². The third-order valence-electron chi connectivity index (χ3n) is 15.3. The molecule has 0 aromatic heterocycles. The number of rotatable bonds is 2. The van der Waals surface area contributed by atoms with Crippen LogP contribution in [0.3, 0.4) is 0 Å². The highest BCUT2D eigenvalue weighted by atomic mass is 14.6. The molecule has 4 aliphatic rings. The van der Waals surface area contributed by atoms with Crippen LogP contribution in [-0.4, -0.2) is 0 Å². The first-order valence-corrected chi connectivity index (χ1v) is 21.6. The molecule has 0 amide bonds. The van der Waals surface area contributed by atoms with Crippen LogP contribution in [0.2, 0.25) is 0 Å². The van der Waals surface area contributed by atoms with Crippen LogP contribution in [0.4, 0.5) is 5.69 Å². The van der Waals surface area contributed by atoms with E-state index in [4.69, 9.17) is 6.57 Å². The van der Waals surface area contributed by atoms with Crippen LogP contribution < -0.4 is 0 Å². The predicted molar refractivity (Wildman–Crippen MR) is 248 cm³/mol. The Morgan fingerprint density at radius 3 is 1.33 bits per heavy atom. The number of nitriles is 1. The molecule has 0 N–H and O–H groups in total. The molecule has 8 aromatic carbocycles. The SMILES string of the molecule is [C-]#[N+]c1ccc(-c2cc3c(c4ccccc24)-c2cc4c(cc2C3(C)C)-c2cc3c(cc2C42CCCCC2)-c2c(cc(-c4ccc(C#N)cc4)c4ccccc24)C3(C)C)cc1. The molecule has 2 heteroatoms. The zero-order valence-corrected chi connectivity index (χ0v) is 34.6. The fourth-order valence-corrected chi connectivity index (χ4v) is 12.2. The highest BCUT2D eigenvalue weighted by Gasteiger charge is 2.49. The highest BCUT2D eigenvalue weighted by molar-refractivity contribution is 6.11. The van der Waals surface area contributed by atoms with Gasteiger partial charge in [-0.05, 0) is 172 Å². The van der Waals surface area contributed by atoms with E-state index < -0.39 is 0 Å². The van der Waals surface area contributed by atoms with Crippen molar-refractivity contribution in [1.82, 2.24) is 0 Å². The Hall–Kier alpha value is -6.74. The van der Waals surface area contributed by atoms with Gasteiger partial charge in [0.05, 0.1) is 18.2 Å². The Kier molecular flexibility index (Phi) is 7.14. The summed E-state index contributed by atoms with van der Waals surface area (Å²) in [6, 6.07) is 51.9. The van der Waals surface area contributed by atoms with Crippen LogP contribution in [0.15, 0.2) is 133 Å². The Balaban J connectivity index is 1.08. The van der Waals surface area contributed by atoms with E-state index in [1.54, 1.807) is 0 Å². The van der Waals surface area contributed by atoms with Gasteiger partial charge in [-0.25, -0.2) is 4.85 Å². The van der Waals surface area contributed by atoms with Crippen molar-refractivity contribution in [2.24, 2.45) is 0 Å². The minimum absolute atomic E-state index is 0.0224. The fraction of sp³-hybridized carbons (Fsp3) is 0.207. The monoisotopic (exact) mass is 768 g/mol. The maximum atomic E-state index is 9.55. The summed E-state index contributed by atoms with van der Waals surface area (Å²) in [4.78, 5) is 3.67. The minimum Gasteiger partial charge on any atom is -0.238 e. The summed E-state index contributed by atoms with van der Waals surface area (Å²) < 4.78 is 0. The van der Waals surface area contributed by atoms with Crippen molar-refractivity contribution in [2.45, 2.75) is 76.0 Å². The summed E-state index contributed by atoms with van der Waals surface area (Å²) >= 11 is 0. The van der Waals surface area contributed by atoms with Gasteiger partial charge in [0.15, 0.2) is 5.69 Å². The molecule has 0 atom stereocenters. The van der Waals surface area contributed by atoms with Crippen LogP contribution >= 0.6 is 0 Å². The van der Waals surface area contributed by atoms with Gasteiger partial charge in [-0.15, -0.1) is 0 Å². The predicted octanol–water partition coefficient (Wildman–Crippen LogP) is 15.6. The summed E-state index contributed by atoms with van der Waals surface area (Å²) in [5.74, 6) is 0. The molecule has 4 aliphatic carbocycles. The van der Waals surface area contributed by atoms with E-state index in [9.17, 15) is 5.26 Å². The highest BCUT2D eigenvalue weighted by Crippen LogP contribution is 2.64. The van der Waals surface area contributed by atoms with Crippen molar-refractivity contribution in [2.75, 3.05) is 0 Å². The summed E-state index contributed by atoms with van der Waals surface area (Å²) in [5.41, 5.74) is 22.8. The standard InChI is InChI=1S/C58H44N2/c1-56(2)48-29-44-45-30-49-47(55-41-16-10-8-14-39(41)43(28-53(55)57(49,3)4)36-21-23-37(60-5)24-22-36)32-51(45)58(25-11-6-12-26-58)50(44)31-46(48)54-40-15-9-7-13-38(40)42(27-52(54)56)35-19-17-34(33-59)18-20-35/h7-10,13-24,27-32H,6,11-12,25-26H2,1-4H3. The Bertz CT molecular complexity index is 3070. The third kappa shape index (κ3) is 4.52. The van der Waals surface area contributed by atoms with Crippen molar-refractivity contribution >= 4 is 27.2 Å². The van der Waals surface area contributed by atoms with Crippen LogP contribution in [0, 0.1) is 17.9 Å². The van der Waals surface area contributed by atoms with E-state index in [-0.39, 0.29) is 16.2 Å². The average Bonchev–Trinajstić information content (AvgIpc) is 3.77. The number of hydrogen-bond donors (Lipinski definition) is 0. The molecule has 0 saturated heterocycles. The zero-order chi connectivity index (χ0) is 40.7. The maximum Gasteiger partial charge on any atom is 0.187 e. The Labute approximate surface area is 352 Å². The lowest BCUT2D eigenvalue weighted by atomic mass is 9.67. The topological polar surface area (TPSA) is 28.1 Å². The van der Waals surface area contributed by atoms with Gasteiger partial charge in [-0.3, -0.25) is 0 Å². The molecule has 0 radical (unpaired) electrons. The maximum absolute atomic E-state index is 9.55. The first kappa shape index (κ1) is 35.2. The van der Waals surface area contributed by atoms with Gasteiger partial charge >= 0.3 is 0 Å². The van der Waals surface area contributed by atoms with Crippen LogP contribution in [-0.2, 0) is 16.2 Å². The second-order valence-corrected chi connectivity index (χ2v) is 18.9. The number of fused-ring (bicyclic) bond motifs is 15.